The predicted molar refractivity (Wildman–Crippen MR) is 141 cm³/mol. The lowest BCUT2D eigenvalue weighted by Crippen LogP contribution is -2.64. The first-order valence-electron chi connectivity index (χ1n) is 14.0. The molecule has 3 saturated carbocycles. The van der Waals surface area contributed by atoms with Crippen LogP contribution in [0.2, 0.25) is 0 Å². The number of methoxy groups -OCH3 is 1. The number of rotatable bonds is 6. The summed E-state index contributed by atoms with van der Waals surface area (Å²) in [4.78, 5) is 13.1. The highest BCUT2D eigenvalue weighted by Gasteiger charge is 2.70. The van der Waals surface area contributed by atoms with E-state index >= 15 is 0 Å². The number of aldehydes is 1. The van der Waals surface area contributed by atoms with Gasteiger partial charge in [-0.05, 0) is 87.4 Å². The number of carbonyl (C=O) groups is 1. The molecule has 0 aromatic heterocycles. The summed E-state index contributed by atoms with van der Waals surface area (Å²) in [5.74, 6) is 1.16. The number of ether oxygens (including phenoxy) is 1. The van der Waals surface area contributed by atoms with Gasteiger partial charge in [0, 0.05) is 23.9 Å². The van der Waals surface area contributed by atoms with Gasteiger partial charge in [0.1, 0.15) is 6.29 Å². The Labute approximate surface area is 213 Å². The average Bonchev–Trinajstić information content (AvgIpc) is 3.07. The molecule has 0 aliphatic heterocycles. The minimum Gasteiger partial charge on any atom is -0.392 e. The Morgan fingerprint density at radius 3 is 2.40 bits per heavy atom. The van der Waals surface area contributed by atoms with Crippen molar-refractivity contribution in [1.82, 2.24) is 0 Å². The summed E-state index contributed by atoms with van der Waals surface area (Å²) >= 11 is 0. The number of fused-ring (bicyclic) bond motifs is 5. The molecule has 4 nitrogen and oxygen atoms in total. The second-order valence-electron chi connectivity index (χ2n) is 14.1. The third-order valence-corrected chi connectivity index (χ3v) is 11.9. The molecule has 0 unspecified atom stereocenters. The largest absolute Gasteiger partial charge is 0.392 e. The fraction of sp³-hybridized carbons (Fsp3) is 0.839. The first-order valence-corrected chi connectivity index (χ1v) is 14.0. The summed E-state index contributed by atoms with van der Waals surface area (Å²) < 4.78 is 5.56. The number of carbonyl (C=O) groups excluding carboxylic acids is 1. The SMILES string of the molecule is COC(C)(C)/C=C/C[C@@H](C)[C@H]1CC[C@@]2(C)[C@@H]3[C@@H](O)C=C4[C@@H](CC[C@H](O)C4(C)C)[C@]3(C=O)CC[C@]12C. The Morgan fingerprint density at radius 1 is 1.09 bits per heavy atom. The first-order chi connectivity index (χ1) is 16.2. The van der Waals surface area contributed by atoms with Crippen molar-refractivity contribution in [3.8, 4) is 0 Å². The maximum absolute atomic E-state index is 13.1. The quantitative estimate of drug-likeness (QED) is 0.351. The van der Waals surface area contributed by atoms with Crippen molar-refractivity contribution in [2.24, 2.45) is 45.3 Å². The molecule has 0 heterocycles. The van der Waals surface area contributed by atoms with Crippen molar-refractivity contribution >= 4 is 6.29 Å². The normalized spacial score (nSPS) is 45.9. The lowest BCUT2D eigenvalue weighted by Gasteiger charge is -2.66. The molecule has 4 heteroatoms. The lowest BCUT2D eigenvalue weighted by molar-refractivity contribution is -0.182. The van der Waals surface area contributed by atoms with E-state index in [1.165, 1.54) is 6.29 Å². The van der Waals surface area contributed by atoms with Gasteiger partial charge in [-0.3, -0.25) is 0 Å². The molecule has 0 bridgehead atoms. The smallest absolute Gasteiger partial charge is 0.127 e. The van der Waals surface area contributed by atoms with Gasteiger partial charge in [-0.25, -0.2) is 0 Å². The Bertz CT molecular complexity index is 886. The standard InChI is InChI=1S/C31H50O4/c1-20(10-9-14-27(2,3)35-8)21-13-15-30(7)26-24(33)18-23-22(11-12-25(34)28(23,4)5)31(26,19-32)17-16-29(21,30)6/h9,14,18-22,24-26,33-34H,10-13,15-17H2,1-8H3/b14-9+/t20-,21-,22-,24+,25+,26+,29-,30+,31-/m1/s1. The van der Waals surface area contributed by atoms with Gasteiger partial charge in [-0.15, -0.1) is 0 Å². The molecule has 35 heavy (non-hydrogen) atoms. The van der Waals surface area contributed by atoms with Crippen LogP contribution in [0, 0.1) is 45.3 Å². The van der Waals surface area contributed by atoms with Crippen LogP contribution in [0.15, 0.2) is 23.8 Å². The second kappa shape index (κ2) is 8.81. The van der Waals surface area contributed by atoms with Gasteiger partial charge in [0.05, 0.1) is 17.8 Å². The van der Waals surface area contributed by atoms with E-state index in [0.717, 1.165) is 50.5 Å². The maximum Gasteiger partial charge on any atom is 0.127 e. The minimum absolute atomic E-state index is 0.0637. The van der Waals surface area contributed by atoms with Crippen LogP contribution in [0.4, 0.5) is 0 Å². The number of allylic oxidation sites excluding steroid dienone is 1. The van der Waals surface area contributed by atoms with Crippen molar-refractivity contribution in [1.29, 1.82) is 0 Å². The van der Waals surface area contributed by atoms with E-state index in [4.69, 9.17) is 4.74 Å². The van der Waals surface area contributed by atoms with Crippen LogP contribution >= 0.6 is 0 Å². The number of aliphatic hydroxyl groups excluding tert-OH is 2. The molecule has 0 saturated heterocycles. The summed E-state index contributed by atoms with van der Waals surface area (Å²) in [6, 6.07) is 0. The zero-order valence-corrected chi connectivity index (χ0v) is 23.4. The van der Waals surface area contributed by atoms with Crippen LogP contribution in [0.3, 0.4) is 0 Å². The molecular formula is C31H50O4. The Kier molecular flexibility index (Phi) is 6.81. The van der Waals surface area contributed by atoms with E-state index in [1.54, 1.807) is 7.11 Å². The van der Waals surface area contributed by atoms with Crippen molar-refractivity contribution in [2.45, 2.75) is 111 Å². The van der Waals surface area contributed by atoms with Crippen LogP contribution in [0.5, 0.6) is 0 Å². The highest BCUT2D eigenvalue weighted by Crippen LogP contribution is 2.74. The Hall–Kier alpha value is -0.970. The van der Waals surface area contributed by atoms with Gasteiger partial charge < -0.3 is 19.7 Å². The van der Waals surface area contributed by atoms with Crippen molar-refractivity contribution in [2.75, 3.05) is 7.11 Å². The van der Waals surface area contributed by atoms with Gasteiger partial charge in [-0.2, -0.15) is 0 Å². The van der Waals surface area contributed by atoms with E-state index in [1.807, 2.05) is 0 Å². The Morgan fingerprint density at radius 2 is 1.77 bits per heavy atom. The maximum atomic E-state index is 13.1. The van der Waals surface area contributed by atoms with Gasteiger partial charge in [0.25, 0.3) is 0 Å². The summed E-state index contributed by atoms with van der Waals surface area (Å²) in [6.45, 7) is 15.6. The third kappa shape index (κ3) is 3.84. The Balaban J connectivity index is 1.68. The molecule has 0 aromatic carbocycles. The molecule has 0 amide bonds. The molecule has 4 rings (SSSR count). The molecule has 2 N–H and O–H groups in total. The van der Waals surface area contributed by atoms with Crippen molar-refractivity contribution in [3.05, 3.63) is 23.8 Å². The molecule has 198 valence electrons. The third-order valence-electron chi connectivity index (χ3n) is 11.9. The summed E-state index contributed by atoms with van der Waals surface area (Å²) in [6.07, 6.45) is 13.4. The van der Waals surface area contributed by atoms with Crippen molar-refractivity contribution in [3.63, 3.8) is 0 Å². The zero-order valence-electron chi connectivity index (χ0n) is 23.4. The van der Waals surface area contributed by atoms with Crippen LogP contribution in [-0.4, -0.2) is 41.4 Å². The topological polar surface area (TPSA) is 66.8 Å². The van der Waals surface area contributed by atoms with E-state index in [9.17, 15) is 15.0 Å². The van der Waals surface area contributed by atoms with Gasteiger partial charge in [0.15, 0.2) is 0 Å². The van der Waals surface area contributed by atoms with E-state index in [2.05, 4.69) is 66.7 Å². The lowest BCUT2D eigenvalue weighted by atomic mass is 9.38. The molecule has 0 aromatic rings. The highest BCUT2D eigenvalue weighted by atomic mass is 16.5. The molecule has 4 aliphatic rings. The molecule has 0 radical (unpaired) electrons. The number of aliphatic hydroxyl groups is 2. The molecule has 9 atom stereocenters. The highest BCUT2D eigenvalue weighted by molar-refractivity contribution is 5.65. The number of hydrogen-bond donors (Lipinski definition) is 2. The van der Waals surface area contributed by atoms with E-state index < -0.39 is 23.0 Å². The fourth-order valence-electron chi connectivity index (χ4n) is 9.35. The summed E-state index contributed by atoms with van der Waals surface area (Å²) in [7, 11) is 1.75. The van der Waals surface area contributed by atoms with Crippen LogP contribution < -0.4 is 0 Å². The minimum atomic E-state index is -0.642. The molecular weight excluding hydrogens is 436 g/mol. The summed E-state index contributed by atoms with van der Waals surface area (Å²) in [5, 5.41) is 22.5. The van der Waals surface area contributed by atoms with Crippen LogP contribution in [0.1, 0.15) is 93.4 Å². The molecule has 3 fully saturated rings. The first kappa shape index (κ1) is 27.1. The molecule has 0 spiro atoms. The fourth-order valence-corrected chi connectivity index (χ4v) is 9.35. The van der Waals surface area contributed by atoms with Crippen LogP contribution in [-0.2, 0) is 9.53 Å². The molecule has 4 aliphatic carbocycles. The van der Waals surface area contributed by atoms with E-state index in [-0.39, 0.29) is 28.3 Å². The summed E-state index contributed by atoms with van der Waals surface area (Å²) in [5.41, 5.74) is -0.0723. The van der Waals surface area contributed by atoms with Crippen molar-refractivity contribution < 1.29 is 19.7 Å². The zero-order chi connectivity index (χ0) is 26.0. The average molecular weight is 487 g/mol. The monoisotopic (exact) mass is 486 g/mol. The number of hydrogen-bond acceptors (Lipinski definition) is 4. The van der Waals surface area contributed by atoms with Crippen LogP contribution in [0.25, 0.3) is 0 Å². The second-order valence-corrected chi connectivity index (χ2v) is 14.1. The van der Waals surface area contributed by atoms with Gasteiger partial charge >= 0.3 is 0 Å². The van der Waals surface area contributed by atoms with Gasteiger partial charge in [-0.1, -0.05) is 58.4 Å². The predicted octanol–water partition coefficient (Wildman–Crippen LogP) is 6.11. The van der Waals surface area contributed by atoms with E-state index in [0.29, 0.717) is 11.8 Å². The van der Waals surface area contributed by atoms with Gasteiger partial charge in [0.2, 0.25) is 0 Å².